The first-order valence-corrected chi connectivity index (χ1v) is 13.9. The van der Waals surface area contributed by atoms with E-state index in [4.69, 9.17) is 9.47 Å². The molecule has 1 aromatic rings. The van der Waals surface area contributed by atoms with Crippen LogP contribution in [0.25, 0.3) is 0 Å². The Bertz CT molecular complexity index is 912. The molecule has 0 unspecified atom stereocenters. The highest BCUT2D eigenvalue weighted by Crippen LogP contribution is 2.26. The molecule has 0 radical (unpaired) electrons. The molecule has 190 valence electrons. The van der Waals surface area contributed by atoms with Crippen LogP contribution in [0.3, 0.4) is 0 Å². The van der Waals surface area contributed by atoms with Crippen molar-refractivity contribution in [1.82, 2.24) is 9.80 Å². The van der Waals surface area contributed by atoms with E-state index in [1.807, 2.05) is 51.1 Å². The van der Waals surface area contributed by atoms with Crippen molar-refractivity contribution in [3.05, 3.63) is 35.9 Å². The minimum atomic E-state index is -3.23. The molecule has 2 heterocycles. The van der Waals surface area contributed by atoms with Gasteiger partial charge in [0, 0.05) is 26.2 Å². The lowest BCUT2D eigenvalue weighted by Crippen LogP contribution is -2.44. The van der Waals surface area contributed by atoms with Crippen LogP contribution < -0.4 is 0 Å². The third kappa shape index (κ3) is 7.89. The topological polar surface area (TPSA) is 93.2 Å². The molecule has 8 nitrogen and oxygen atoms in total. The Hall–Kier alpha value is -2.29. The molecule has 9 heteroatoms. The number of rotatable bonds is 6. The van der Waals surface area contributed by atoms with Crippen LogP contribution in [-0.4, -0.2) is 73.2 Å². The molecule has 0 aromatic heterocycles. The lowest BCUT2D eigenvalue weighted by Gasteiger charge is -2.34. The zero-order valence-corrected chi connectivity index (χ0v) is 21.4. The molecule has 2 amide bonds. The van der Waals surface area contributed by atoms with Crippen molar-refractivity contribution >= 4 is 22.0 Å². The standard InChI is InChI=1S/C25H38N2O6S/c1-25(2,3)33-24(29)27-14-9-20(10-15-27)13-18-34(30,31)22-11-16-26(17-12-22)23(28)32-19-21-7-5-4-6-8-21/h4-8,20,22H,9-19H2,1-3H3. The normalized spacial score (nSPS) is 18.6. The van der Waals surface area contributed by atoms with Gasteiger partial charge in [0.05, 0.1) is 11.0 Å². The van der Waals surface area contributed by atoms with Gasteiger partial charge in [0.2, 0.25) is 0 Å². The SMILES string of the molecule is CC(C)(C)OC(=O)N1CCC(CCS(=O)(=O)C2CCN(C(=O)OCc3ccccc3)CC2)CC1. The smallest absolute Gasteiger partial charge is 0.410 e. The summed E-state index contributed by atoms with van der Waals surface area (Å²) in [4.78, 5) is 27.8. The van der Waals surface area contributed by atoms with Crippen molar-refractivity contribution in [2.75, 3.05) is 31.9 Å². The van der Waals surface area contributed by atoms with E-state index in [-0.39, 0.29) is 18.5 Å². The van der Waals surface area contributed by atoms with E-state index in [1.54, 1.807) is 9.80 Å². The predicted molar refractivity (Wildman–Crippen MR) is 130 cm³/mol. The van der Waals surface area contributed by atoms with Crippen LogP contribution in [0.2, 0.25) is 0 Å². The number of sulfone groups is 1. The van der Waals surface area contributed by atoms with Gasteiger partial charge < -0.3 is 19.3 Å². The summed E-state index contributed by atoms with van der Waals surface area (Å²) in [6, 6.07) is 9.48. The second-order valence-electron chi connectivity index (χ2n) is 10.3. The Morgan fingerprint density at radius 2 is 1.47 bits per heavy atom. The third-order valence-electron chi connectivity index (χ3n) is 6.49. The minimum Gasteiger partial charge on any atom is -0.445 e. The molecule has 0 aliphatic carbocycles. The molecule has 2 fully saturated rings. The molecule has 3 rings (SSSR count). The molecule has 0 N–H and O–H groups in total. The van der Waals surface area contributed by atoms with E-state index in [0.717, 1.165) is 18.4 Å². The van der Waals surface area contributed by atoms with Gasteiger partial charge in [-0.1, -0.05) is 30.3 Å². The average Bonchev–Trinajstić information content (AvgIpc) is 2.81. The highest BCUT2D eigenvalue weighted by atomic mass is 32.2. The zero-order valence-electron chi connectivity index (χ0n) is 20.6. The molecular formula is C25H38N2O6S. The number of piperidine rings is 2. The van der Waals surface area contributed by atoms with Crippen molar-refractivity contribution in [2.45, 2.75) is 70.3 Å². The van der Waals surface area contributed by atoms with Crippen LogP contribution in [0, 0.1) is 5.92 Å². The van der Waals surface area contributed by atoms with Crippen LogP contribution in [-0.2, 0) is 25.9 Å². The molecule has 0 saturated carbocycles. The number of amides is 2. The van der Waals surface area contributed by atoms with Gasteiger partial charge in [-0.25, -0.2) is 18.0 Å². The second-order valence-corrected chi connectivity index (χ2v) is 12.7. The van der Waals surface area contributed by atoms with E-state index in [2.05, 4.69) is 0 Å². The fourth-order valence-corrected chi connectivity index (χ4v) is 6.36. The minimum absolute atomic E-state index is 0.160. The van der Waals surface area contributed by atoms with Gasteiger partial charge in [0.1, 0.15) is 12.2 Å². The highest BCUT2D eigenvalue weighted by molar-refractivity contribution is 7.92. The molecule has 0 atom stereocenters. The summed E-state index contributed by atoms with van der Waals surface area (Å²) >= 11 is 0. The Balaban J connectivity index is 1.37. The number of nitrogens with zero attached hydrogens (tertiary/aromatic N) is 2. The molecule has 34 heavy (non-hydrogen) atoms. The van der Waals surface area contributed by atoms with Crippen LogP contribution in [0.15, 0.2) is 30.3 Å². The van der Waals surface area contributed by atoms with Crippen LogP contribution in [0.5, 0.6) is 0 Å². The average molecular weight is 495 g/mol. The maximum atomic E-state index is 12.9. The maximum absolute atomic E-state index is 12.9. The van der Waals surface area contributed by atoms with Crippen molar-refractivity contribution in [1.29, 1.82) is 0 Å². The predicted octanol–water partition coefficient (Wildman–Crippen LogP) is 4.24. The third-order valence-corrected chi connectivity index (χ3v) is 8.78. The van der Waals surface area contributed by atoms with Crippen LogP contribution in [0.1, 0.15) is 58.4 Å². The first-order chi connectivity index (χ1) is 16.0. The molecule has 2 aliphatic rings. The summed E-state index contributed by atoms with van der Waals surface area (Å²) in [5.41, 5.74) is 0.404. The van der Waals surface area contributed by atoms with E-state index < -0.39 is 26.8 Å². The fraction of sp³-hybridized carbons (Fsp3) is 0.680. The van der Waals surface area contributed by atoms with E-state index in [1.165, 1.54) is 0 Å². The fourth-order valence-electron chi connectivity index (χ4n) is 4.44. The van der Waals surface area contributed by atoms with Crippen LogP contribution in [0.4, 0.5) is 9.59 Å². The number of carbonyl (C=O) groups excluding carboxylic acids is 2. The first-order valence-electron chi connectivity index (χ1n) is 12.2. The maximum Gasteiger partial charge on any atom is 0.410 e. The number of ether oxygens (including phenoxy) is 2. The van der Waals surface area contributed by atoms with Gasteiger partial charge in [-0.05, 0) is 64.4 Å². The van der Waals surface area contributed by atoms with E-state index in [9.17, 15) is 18.0 Å². The number of benzene rings is 1. The van der Waals surface area contributed by atoms with Gasteiger partial charge in [-0.3, -0.25) is 0 Å². The first kappa shape index (κ1) is 26.3. The van der Waals surface area contributed by atoms with Gasteiger partial charge >= 0.3 is 12.2 Å². The molecule has 2 aliphatic heterocycles. The summed E-state index contributed by atoms with van der Waals surface area (Å²) in [7, 11) is -3.23. The van der Waals surface area contributed by atoms with E-state index >= 15 is 0 Å². The summed E-state index contributed by atoms with van der Waals surface area (Å²) in [6.45, 7) is 7.75. The monoisotopic (exact) mass is 494 g/mol. The molecule has 2 saturated heterocycles. The molecule has 0 bridgehead atoms. The Morgan fingerprint density at radius 1 is 0.912 bits per heavy atom. The van der Waals surface area contributed by atoms with Gasteiger partial charge in [-0.15, -0.1) is 0 Å². The Kier molecular flexibility index (Phi) is 8.84. The summed E-state index contributed by atoms with van der Waals surface area (Å²) in [5.74, 6) is 0.453. The largest absolute Gasteiger partial charge is 0.445 e. The second kappa shape index (κ2) is 11.4. The molecule has 1 aromatic carbocycles. The number of hydrogen-bond donors (Lipinski definition) is 0. The van der Waals surface area contributed by atoms with Crippen molar-refractivity contribution in [3.63, 3.8) is 0 Å². The Morgan fingerprint density at radius 3 is 2.06 bits per heavy atom. The van der Waals surface area contributed by atoms with Gasteiger partial charge in [0.15, 0.2) is 9.84 Å². The highest BCUT2D eigenvalue weighted by Gasteiger charge is 2.33. The van der Waals surface area contributed by atoms with Gasteiger partial charge in [-0.2, -0.15) is 0 Å². The van der Waals surface area contributed by atoms with Crippen molar-refractivity contribution in [3.8, 4) is 0 Å². The quantitative estimate of drug-likeness (QED) is 0.587. The zero-order chi connectivity index (χ0) is 24.8. The van der Waals surface area contributed by atoms with Crippen molar-refractivity contribution < 1.29 is 27.5 Å². The molecule has 0 spiro atoms. The van der Waals surface area contributed by atoms with Gasteiger partial charge in [0.25, 0.3) is 0 Å². The summed E-state index contributed by atoms with van der Waals surface area (Å²) in [5, 5.41) is -0.410. The lowest BCUT2D eigenvalue weighted by molar-refractivity contribution is 0.0183. The summed E-state index contributed by atoms with van der Waals surface area (Å²) < 4.78 is 36.6. The Labute approximate surface area is 203 Å². The van der Waals surface area contributed by atoms with Crippen LogP contribution >= 0.6 is 0 Å². The molecular weight excluding hydrogens is 456 g/mol. The summed E-state index contributed by atoms with van der Waals surface area (Å²) in [6.07, 6.45) is 2.40. The number of carbonyl (C=O) groups is 2. The van der Waals surface area contributed by atoms with E-state index in [0.29, 0.717) is 51.4 Å². The number of likely N-dealkylation sites (tertiary alicyclic amines) is 2. The number of hydrogen-bond acceptors (Lipinski definition) is 6. The lowest BCUT2D eigenvalue weighted by atomic mass is 9.95. The van der Waals surface area contributed by atoms with Crippen molar-refractivity contribution in [2.24, 2.45) is 5.92 Å².